The first-order valence-electron chi connectivity index (χ1n) is 6.05. The van der Waals surface area contributed by atoms with E-state index in [4.69, 9.17) is 0 Å². The quantitative estimate of drug-likeness (QED) is 0.769. The third kappa shape index (κ3) is 4.19. The first kappa shape index (κ1) is 13.7. The zero-order valence-electron chi connectivity index (χ0n) is 10.8. The SMILES string of the molecule is CCC(CNC(C)C(=O)OC)c1ccccc1. The lowest BCUT2D eigenvalue weighted by molar-refractivity contribution is -0.142. The molecule has 0 spiro atoms. The summed E-state index contributed by atoms with van der Waals surface area (Å²) >= 11 is 0. The molecule has 0 aliphatic rings. The number of methoxy groups -OCH3 is 1. The number of esters is 1. The number of nitrogens with one attached hydrogen (secondary N) is 1. The molecule has 94 valence electrons. The van der Waals surface area contributed by atoms with Crippen molar-refractivity contribution >= 4 is 5.97 Å². The molecule has 0 amide bonds. The standard InChI is InChI=1S/C14H21NO2/c1-4-12(13-8-6-5-7-9-13)10-15-11(2)14(16)17-3/h5-9,11-12,15H,4,10H2,1-3H3. The largest absolute Gasteiger partial charge is 0.468 e. The summed E-state index contributed by atoms with van der Waals surface area (Å²) in [5, 5.41) is 3.21. The Hall–Kier alpha value is -1.35. The van der Waals surface area contributed by atoms with Crippen molar-refractivity contribution in [2.45, 2.75) is 32.2 Å². The van der Waals surface area contributed by atoms with Gasteiger partial charge in [-0.15, -0.1) is 0 Å². The number of rotatable bonds is 6. The second kappa shape index (κ2) is 7.07. The number of carbonyl (C=O) groups excluding carboxylic acids is 1. The van der Waals surface area contributed by atoms with E-state index in [1.165, 1.54) is 12.7 Å². The van der Waals surface area contributed by atoms with Crippen LogP contribution in [0.25, 0.3) is 0 Å². The maximum Gasteiger partial charge on any atom is 0.322 e. The molecule has 0 aliphatic carbocycles. The Labute approximate surface area is 103 Å². The first-order chi connectivity index (χ1) is 8.19. The normalized spacial score (nSPS) is 14.1. The van der Waals surface area contributed by atoms with Gasteiger partial charge in [0.05, 0.1) is 7.11 Å². The Morgan fingerprint density at radius 1 is 1.35 bits per heavy atom. The van der Waals surface area contributed by atoms with E-state index in [9.17, 15) is 4.79 Å². The smallest absolute Gasteiger partial charge is 0.322 e. The predicted molar refractivity (Wildman–Crippen MR) is 69.0 cm³/mol. The fourth-order valence-electron chi connectivity index (χ4n) is 1.80. The summed E-state index contributed by atoms with van der Waals surface area (Å²) in [6.45, 7) is 4.77. The second-order valence-corrected chi connectivity index (χ2v) is 4.17. The molecule has 1 rings (SSSR count). The molecular formula is C14H21NO2. The van der Waals surface area contributed by atoms with Crippen molar-refractivity contribution in [3.8, 4) is 0 Å². The van der Waals surface area contributed by atoms with Crippen molar-refractivity contribution in [3.63, 3.8) is 0 Å². The highest BCUT2D eigenvalue weighted by molar-refractivity contribution is 5.75. The molecule has 0 heterocycles. The first-order valence-corrected chi connectivity index (χ1v) is 6.05. The van der Waals surface area contributed by atoms with Crippen molar-refractivity contribution in [2.24, 2.45) is 0 Å². The molecule has 2 atom stereocenters. The zero-order chi connectivity index (χ0) is 12.7. The Kier molecular flexibility index (Phi) is 5.70. The van der Waals surface area contributed by atoms with E-state index in [-0.39, 0.29) is 12.0 Å². The molecule has 1 aromatic rings. The average Bonchev–Trinajstić information content (AvgIpc) is 2.39. The van der Waals surface area contributed by atoms with Crippen LogP contribution >= 0.6 is 0 Å². The van der Waals surface area contributed by atoms with Crippen LogP contribution < -0.4 is 5.32 Å². The molecule has 0 aliphatic heterocycles. The number of ether oxygens (including phenoxy) is 1. The summed E-state index contributed by atoms with van der Waals surface area (Å²) in [5.41, 5.74) is 1.31. The van der Waals surface area contributed by atoms with Gasteiger partial charge in [-0.2, -0.15) is 0 Å². The van der Waals surface area contributed by atoms with Crippen molar-refractivity contribution in [2.75, 3.05) is 13.7 Å². The Bertz CT molecular complexity index is 337. The van der Waals surface area contributed by atoms with Crippen molar-refractivity contribution in [1.29, 1.82) is 0 Å². The molecule has 0 bridgehead atoms. The summed E-state index contributed by atoms with van der Waals surface area (Å²) in [6.07, 6.45) is 1.05. The Morgan fingerprint density at radius 3 is 2.53 bits per heavy atom. The van der Waals surface area contributed by atoms with Gasteiger partial charge in [0.25, 0.3) is 0 Å². The number of carbonyl (C=O) groups is 1. The second-order valence-electron chi connectivity index (χ2n) is 4.17. The van der Waals surface area contributed by atoms with Gasteiger partial charge in [-0.3, -0.25) is 4.79 Å². The molecule has 0 radical (unpaired) electrons. The summed E-state index contributed by atoms with van der Waals surface area (Å²) in [5.74, 6) is 0.219. The minimum atomic E-state index is -0.252. The molecule has 17 heavy (non-hydrogen) atoms. The van der Waals surface area contributed by atoms with Crippen LogP contribution in [0.2, 0.25) is 0 Å². The Balaban J connectivity index is 2.51. The summed E-state index contributed by atoms with van der Waals surface area (Å²) in [7, 11) is 1.41. The third-order valence-corrected chi connectivity index (χ3v) is 2.99. The molecule has 1 aromatic carbocycles. The topological polar surface area (TPSA) is 38.3 Å². The maximum absolute atomic E-state index is 11.3. The van der Waals surface area contributed by atoms with Crippen LogP contribution in [0.5, 0.6) is 0 Å². The minimum absolute atomic E-state index is 0.215. The summed E-state index contributed by atoms with van der Waals surface area (Å²) in [4.78, 5) is 11.3. The molecule has 0 saturated heterocycles. The van der Waals surface area contributed by atoms with Crippen LogP contribution in [-0.4, -0.2) is 25.7 Å². The third-order valence-electron chi connectivity index (χ3n) is 2.99. The van der Waals surface area contributed by atoms with Gasteiger partial charge in [0.1, 0.15) is 6.04 Å². The fraction of sp³-hybridized carbons (Fsp3) is 0.500. The lowest BCUT2D eigenvalue weighted by Crippen LogP contribution is -2.37. The average molecular weight is 235 g/mol. The van der Waals surface area contributed by atoms with Crippen LogP contribution in [0.15, 0.2) is 30.3 Å². The molecule has 0 fully saturated rings. The molecule has 3 nitrogen and oxygen atoms in total. The molecule has 0 aromatic heterocycles. The Morgan fingerprint density at radius 2 is 2.00 bits per heavy atom. The van der Waals surface area contributed by atoms with Gasteiger partial charge in [0.2, 0.25) is 0 Å². The van der Waals surface area contributed by atoms with Gasteiger partial charge >= 0.3 is 5.97 Å². The lowest BCUT2D eigenvalue weighted by Gasteiger charge is -2.18. The van der Waals surface area contributed by atoms with E-state index in [2.05, 4.69) is 29.1 Å². The number of benzene rings is 1. The number of hydrogen-bond acceptors (Lipinski definition) is 3. The molecule has 3 heteroatoms. The highest BCUT2D eigenvalue weighted by Crippen LogP contribution is 2.18. The van der Waals surface area contributed by atoms with Crippen LogP contribution in [-0.2, 0) is 9.53 Å². The molecule has 0 saturated carbocycles. The monoisotopic (exact) mass is 235 g/mol. The van der Waals surface area contributed by atoms with Gasteiger partial charge < -0.3 is 10.1 Å². The summed E-state index contributed by atoms with van der Waals surface area (Å²) in [6, 6.07) is 10.1. The van der Waals surface area contributed by atoms with Crippen LogP contribution in [0.4, 0.5) is 0 Å². The van der Waals surface area contributed by atoms with Gasteiger partial charge in [-0.05, 0) is 24.8 Å². The van der Waals surface area contributed by atoms with E-state index in [0.717, 1.165) is 13.0 Å². The molecular weight excluding hydrogens is 214 g/mol. The molecule has 1 N–H and O–H groups in total. The van der Waals surface area contributed by atoms with Gasteiger partial charge in [0, 0.05) is 6.54 Å². The van der Waals surface area contributed by atoms with E-state index >= 15 is 0 Å². The van der Waals surface area contributed by atoms with Gasteiger partial charge in [0.15, 0.2) is 0 Å². The van der Waals surface area contributed by atoms with E-state index in [0.29, 0.717) is 5.92 Å². The van der Waals surface area contributed by atoms with Crippen molar-refractivity contribution in [3.05, 3.63) is 35.9 Å². The molecule has 2 unspecified atom stereocenters. The van der Waals surface area contributed by atoms with E-state index in [1.54, 1.807) is 0 Å². The van der Waals surface area contributed by atoms with Crippen molar-refractivity contribution < 1.29 is 9.53 Å². The van der Waals surface area contributed by atoms with E-state index < -0.39 is 0 Å². The zero-order valence-corrected chi connectivity index (χ0v) is 10.8. The number of hydrogen-bond donors (Lipinski definition) is 1. The minimum Gasteiger partial charge on any atom is -0.468 e. The fourth-order valence-corrected chi connectivity index (χ4v) is 1.80. The highest BCUT2D eigenvalue weighted by atomic mass is 16.5. The van der Waals surface area contributed by atoms with Crippen molar-refractivity contribution in [1.82, 2.24) is 5.32 Å². The van der Waals surface area contributed by atoms with Gasteiger partial charge in [-0.1, -0.05) is 37.3 Å². The maximum atomic E-state index is 11.3. The summed E-state index contributed by atoms with van der Waals surface area (Å²) < 4.78 is 4.68. The van der Waals surface area contributed by atoms with Gasteiger partial charge in [-0.25, -0.2) is 0 Å². The van der Waals surface area contributed by atoms with Crippen LogP contribution in [0, 0.1) is 0 Å². The lowest BCUT2D eigenvalue weighted by atomic mass is 9.96. The van der Waals surface area contributed by atoms with Crippen LogP contribution in [0.3, 0.4) is 0 Å². The van der Waals surface area contributed by atoms with E-state index in [1.807, 2.05) is 25.1 Å². The predicted octanol–water partition coefficient (Wildman–Crippen LogP) is 2.33. The highest BCUT2D eigenvalue weighted by Gasteiger charge is 2.15. The van der Waals surface area contributed by atoms with Crippen LogP contribution in [0.1, 0.15) is 31.7 Å².